The molecule has 0 fully saturated rings. The van der Waals surface area contributed by atoms with Crippen LogP contribution in [-0.2, 0) is 0 Å². The summed E-state index contributed by atoms with van der Waals surface area (Å²) >= 11 is 0. The number of aliphatic imine (C=N–C) groups is 1. The topological polar surface area (TPSA) is 96.9 Å². The van der Waals surface area contributed by atoms with Gasteiger partial charge in [-0.15, -0.1) is 0 Å². The van der Waals surface area contributed by atoms with Gasteiger partial charge in [-0.2, -0.15) is 0 Å². The molecule has 0 radical (unpaired) electrons. The number of hydrogen-bond donors (Lipinski definition) is 3. The molecule has 0 amide bonds. The zero-order valence-electron chi connectivity index (χ0n) is 9.57. The Kier molecular flexibility index (Phi) is 3.54. The van der Waals surface area contributed by atoms with Gasteiger partial charge < -0.3 is 10.6 Å². The second kappa shape index (κ2) is 4.50. The highest BCUT2D eigenvalue weighted by atomic mass is 15.5. The van der Waals surface area contributed by atoms with E-state index in [4.69, 9.17) is 17.3 Å². The summed E-state index contributed by atoms with van der Waals surface area (Å²) in [4.78, 5) is 6.34. The van der Waals surface area contributed by atoms with Gasteiger partial charge in [0, 0.05) is 13.1 Å². The van der Waals surface area contributed by atoms with Crippen molar-refractivity contribution in [3.05, 3.63) is 11.4 Å². The first-order valence-corrected chi connectivity index (χ1v) is 5.11. The predicted molar refractivity (Wildman–Crippen MR) is 61.2 cm³/mol. The molecule has 6 nitrogen and oxygen atoms in total. The molecule has 0 spiro atoms. The highest BCUT2D eigenvalue weighted by Crippen LogP contribution is 2.14. The van der Waals surface area contributed by atoms with Gasteiger partial charge >= 0.3 is 0 Å². The fraction of sp³-hybridized carbons (Fsp3) is 0.667. The molecule has 86 valence electrons. The van der Waals surface area contributed by atoms with Crippen LogP contribution >= 0.6 is 0 Å². The largest absolute Gasteiger partial charge is 0.394 e. The summed E-state index contributed by atoms with van der Waals surface area (Å²) in [5.74, 6) is 6.44. The molecule has 0 bridgehead atoms. The molecule has 0 aromatic rings. The summed E-state index contributed by atoms with van der Waals surface area (Å²) in [5.41, 5.74) is 13.1. The van der Waals surface area contributed by atoms with Gasteiger partial charge in [0.1, 0.15) is 0 Å². The summed E-state index contributed by atoms with van der Waals surface area (Å²) in [6, 6.07) is 0. The standard InChI is InChI=1S/C9H20N6/c1-4-14(5-2)8-7(10)6(3)15(12)9(11)13-8/h9H,4-5,10-12H2,1-3H3. The SMILES string of the molecule is CCN(CC)C1=NC(N)N(N)C(C)=C1N. The average molecular weight is 212 g/mol. The number of nitrogens with zero attached hydrogens (tertiary/aromatic N) is 3. The second-order valence-corrected chi connectivity index (χ2v) is 3.44. The number of allylic oxidation sites excluding steroid dienone is 1. The van der Waals surface area contributed by atoms with Crippen LogP contribution in [0.2, 0.25) is 0 Å². The lowest BCUT2D eigenvalue weighted by atomic mass is 10.2. The van der Waals surface area contributed by atoms with Crippen molar-refractivity contribution in [3.8, 4) is 0 Å². The molecular formula is C9H20N6. The number of rotatable bonds is 2. The van der Waals surface area contributed by atoms with Crippen LogP contribution in [0.3, 0.4) is 0 Å². The highest BCUT2D eigenvalue weighted by molar-refractivity contribution is 5.98. The first-order valence-electron chi connectivity index (χ1n) is 5.11. The van der Waals surface area contributed by atoms with E-state index < -0.39 is 6.29 Å². The highest BCUT2D eigenvalue weighted by Gasteiger charge is 2.24. The quantitative estimate of drug-likeness (QED) is 0.528. The van der Waals surface area contributed by atoms with E-state index in [0.717, 1.165) is 24.6 Å². The summed E-state index contributed by atoms with van der Waals surface area (Å²) < 4.78 is 0. The minimum absolute atomic E-state index is 0.548. The van der Waals surface area contributed by atoms with Crippen LogP contribution in [0.15, 0.2) is 16.4 Å². The van der Waals surface area contributed by atoms with Gasteiger partial charge in [0.25, 0.3) is 0 Å². The number of hydrogen-bond acceptors (Lipinski definition) is 6. The molecule has 6 N–H and O–H groups in total. The van der Waals surface area contributed by atoms with E-state index in [0.29, 0.717) is 5.70 Å². The Morgan fingerprint density at radius 2 is 1.93 bits per heavy atom. The van der Waals surface area contributed by atoms with Crippen molar-refractivity contribution in [2.45, 2.75) is 27.1 Å². The maximum atomic E-state index is 5.96. The van der Waals surface area contributed by atoms with E-state index >= 15 is 0 Å². The first kappa shape index (κ1) is 11.8. The van der Waals surface area contributed by atoms with Crippen LogP contribution < -0.4 is 17.3 Å². The number of hydrazine groups is 1. The maximum Gasteiger partial charge on any atom is 0.189 e. The van der Waals surface area contributed by atoms with Gasteiger partial charge in [-0.1, -0.05) is 0 Å². The fourth-order valence-corrected chi connectivity index (χ4v) is 1.53. The molecule has 1 rings (SSSR count). The van der Waals surface area contributed by atoms with Crippen molar-refractivity contribution in [1.29, 1.82) is 0 Å². The van der Waals surface area contributed by atoms with Gasteiger partial charge in [-0.3, -0.25) is 10.7 Å². The van der Waals surface area contributed by atoms with E-state index in [9.17, 15) is 0 Å². The third kappa shape index (κ3) is 2.05. The smallest absolute Gasteiger partial charge is 0.189 e. The van der Waals surface area contributed by atoms with Crippen LogP contribution in [0.5, 0.6) is 0 Å². The molecule has 1 unspecified atom stereocenters. The molecular weight excluding hydrogens is 192 g/mol. The lowest BCUT2D eigenvalue weighted by Crippen LogP contribution is -2.51. The summed E-state index contributed by atoms with van der Waals surface area (Å²) in [6.07, 6.45) is -0.548. The van der Waals surface area contributed by atoms with E-state index in [1.54, 1.807) is 0 Å². The molecule has 0 aromatic carbocycles. The molecule has 0 aromatic heterocycles. The minimum atomic E-state index is -0.548. The lowest BCUT2D eigenvalue weighted by Gasteiger charge is -2.34. The average Bonchev–Trinajstić information content (AvgIpc) is 2.24. The summed E-state index contributed by atoms with van der Waals surface area (Å²) in [7, 11) is 0. The van der Waals surface area contributed by atoms with Crippen LogP contribution in [0.1, 0.15) is 20.8 Å². The minimum Gasteiger partial charge on any atom is -0.394 e. The van der Waals surface area contributed by atoms with E-state index in [2.05, 4.69) is 23.7 Å². The third-order valence-corrected chi connectivity index (χ3v) is 2.62. The normalized spacial score (nSPS) is 21.8. The van der Waals surface area contributed by atoms with Crippen molar-refractivity contribution >= 4 is 5.84 Å². The summed E-state index contributed by atoms with van der Waals surface area (Å²) in [5, 5.41) is 1.38. The summed E-state index contributed by atoms with van der Waals surface area (Å²) in [6.45, 7) is 7.64. The molecule has 0 saturated carbocycles. The number of amidine groups is 1. The predicted octanol–water partition coefficient (Wildman–Crippen LogP) is -0.651. The van der Waals surface area contributed by atoms with Crippen LogP contribution in [0, 0.1) is 0 Å². The van der Waals surface area contributed by atoms with E-state index in [-0.39, 0.29) is 0 Å². The molecule has 0 aliphatic carbocycles. The Hall–Kier alpha value is -1.27. The molecule has 1 heterocycles. The Morgan fingerprint density at radius 1 is 1.40 bits per heavy atom. The Labute approximate surface area is 90.4 Å². The molecule has 15 heavy (non-hydrogen) atoms. The molecule has 1 aliphatic rings. The van der Waals surface area contributed by atoms with E-state index in [1.165, 1.54) is 5.01 Å². The first-order chi connectivity index (χ1) is 7.02. The van der Waals surface area contributed by atoms with Crippen molar-refractivity contribution in [2.24, 2.45) is 22.3 Å². The van der Waals surface area contributed by atoms with E-state index in [1.807, 2.05) is 6.92 Å². The van der Waals surface area contributed by atoms with Crippen LogP contribution in [-0.4, -0.2) is 35.1 Å². The molecule has 1 aliphatic heterocycles. The Balaban J connectivity index is 3.03. The van der Waals surface area contributed by atoms with Gasteiger partial charge in [0.15, 0.2) is 12.1 Å². The van der Waals surface area contributed by atoms with Crippen LogP contribution in [0.25, 0.3) is 0 Å². The van der Waals surface area contributed by atoms with Gasteiger partial charge in [0.05, 0.1) is 11.4 Å². The molecule has 6 heteroatoms. The number of nitrogens with two attached hydrogens (primary N) is 3. The monoisotopic (exact) mass is 212 g/mol. The zero-order chi connectivity index (χ0) is 11.6. The van der Waals surface area contributed by atoms with Crippen molar-refractivity contribution in [1.82, 2.24) is 9.91 Å². The molecule has 1 atom stereocenters. The maximum absolute atomic E-state index is 5.96. The number of likely N-dealkylation sites (N-methyl/N-ethyl adjacent to an activating group) is 1. The third-order valence-electron chi connectivity index (χ3n) is 2.62. The Morgan fingerprint density at radius 3 is 2.40 bits per heavy atom. The van der Waals surface area contributed by atoms with Crippen molar-refractivity contribution in [2.75, 3.05) is 13.1 Å². The van der Waals surface area contributed by atoms with Crippen molar-refractivity contribution in [3.63, 3.8) is 0 Å². The molecule has 0 saturated heterocycles. The van der Waals surface area contributed by atoms with Crippen molar-refractivity contribution < 1.29 is 0 Å². The lowest BCUT2D eigenvalue weighted by molar-refractivity contribution is 0.259. The second-order valence-electron chi connectivity index (χ2n) is 3.44. The van der Waals surface area contributed by atoms with Gasteiger partial charge in [0.2, 0.25) is 0 Å². The van der Waals surface area contributed by atoms with Gasteiger partial charge in [-0.25, -0.2) is 10.8 Å². The van der Waals surface area contributed by atoms with Crippen LogP contribution in [0.4, 0.5) is 0 Å². The fourth-order valence-electron chi connectivity index (χ4n) is 1.53. The van der Waals surface area contributed by atoms with Gasteiger partial charge in [-0.05, 0) is 20.8 Å². The Bertz CT molecular complexity index is 291. The zero-order valence-corrected chi connectivity index (χ0v) is 9.57.